The van der Waals surface area contributed by atoms with Gasteiger partial charge < -0.3 is 16.4 Å². The third-order valence-electron chi connectivity index (χ3n) is 5.39. The fourth-order valence-corrected chi connectivity index (χ4v) is 3.85. The Morgan fingerprint density at radius 1 is 1.00 bits per heavy atom. The van der Waals surface area contributed by atoms with E-state index in [0.717, 1.165) is 29.2 Å². The predicted molar refractivity (Wildman–Crippen MR) is 108 cm³/mol. The zero-order valence-electron chi connectivity index (χ0n) is 15.7. The van der Waals surface area contributed by atoms with Gasteiger partial charge in [0.1, 0.15) is 0 Å². The lowest BCUT2D eigenvalue weighted by molar-refractivity contribution is -0.127. The Morgan fingerprint density at radius 3 is 2.48 bits per heavy atom. The van der Waals surface area contributed by atoms with Gasteiger partial charge in [0.25, 0.3) is 0 Å². The van der Waals surface area contributed by atoms with E-state index in [9.17, 15) is 9.59 Å². The minimum atomic E-state index is -0.266. The van der Waals surface area contributed by atoms with Gasteiger partial charge in [0.2, 0.25) is 11.8 Å². The Balaban J connectivity index is 1.50. The highest BCUT2D eigenvalue weighted by atomic mass is 16.2. The van der Waals surface area contributed by atoms with E-state index < -0.39 is 0 Å². The van der Waals surface area contributed by atoms with E-state index >= 15 is 0 Å². The van der Waals surface area contributed by atoms with Crippen molar-refractivity contribution in [2.24, 2.45) is 11.7 Å². The Labute approximate surface area is 160 Å². The molecule has 1 unspecified atom stereocenters. The fraction of sp³-hybridized carbons (Fsp3) is 0.455. The van der Waals surface area contributed by atoms with Crippen molar-refractivity contribution >= 4 is 22.6 Å². The molecule has 144 valence electrons. The van der Waals surface area contributed by atoms with Crippen molar-refractivity contribution in [1.82, 2.24) is 10.6 Å². The summed E-state index contributed by atoms with van der Waals surface area (Å²) in [6.07, 6.45) is 6.46. The number of hydrogen-bond donors (Lipinski definition) is 3. The smallest absolute Gasteiger partial charge is 0.239 e. The topological polar surface area (TPSA) is 84.2 Å². The molecule has 0 aromatic heterocycles. The zero-order valence-corrected chi connectivity index (χ0v) is 15.7. The monoisotopic (exact) mass is 367 g/mol. The molecule has 0 radical (unpaired) electrons. The molecule has 1 saturated carbocycles. The molecule has 4 N–H and O–H groups in total. The second kappa shape index (κ2) is 9.51. The Kier molecular flexibility index (Phi) is 6.82. The minimum Gasteiger partial charge on any atom is -0.347 e. The second-order valence-electron chi connectivity index (χ2n) is 7.45. The molecule has 2 aromatic carbocycles. The van der Waals surface area contributed by atoms with Crippen LogP contribution >= 0.6 is 0 Å². The Hall–Kier alpha value is -2.40. The summed E-state index contributed by atoms with van der Waals surface area (Å²) >= 11 is 0. The molecule has 27 heavy (non-hydrogen) atoms. The molecule has 0 aliphatic heterocycles. The van der Waals surface area contributed by atoms with Crippen molar-refractivity contribution in [2.75, 3.05) is 13.1 Å². The van der Waals surface area contributed by atoms with Crippen LogP contribution in [0.1, 0.15) is 50.1 Å². The maximum Gasteiger partial charge on any atom is 0.239 e. The van der Waals surface area contributed by atoms with E-state index in [1.54, 1.807) is 0 Å². The van der Waals surface area contributed by atoms with Crippen molar-refractivity contribution in [2.45, 2.75) is 44.6 Å². The lowest BCUT2D eigenvalue weighted by atomic mass is 9.87. The van der Waals surface area contributed by atoms with Crippen LogP contribution in [0.4, 0.5) is 0 Å². The summed E-state index contributed by atoms with van der Waals surface area (Å²) in [5.41, 5.74) is 6.85. The molecule has 5 heteroatoms. The third kappa shape index (κ3) is 5.54. The predicted octanol–water partition coefficient (Wildman–Crippen LogP) is 3.04. The number of nitrogens with two attached hydrogens (primary N) is 1. The Morgan fingerprint density at radius 2 is 1.74 bits per heavy atom. The summed E-state index contributed by atoms with van der Waals surface area (Å²) in [7, 11) is 0. The molecule has 2 aromatic rings. The molecule has 3 rings (SSSR count). The van der Waals surface area contributed by atoms with Crippen LogP contribution in [0.15, 0.2) is 42.5 Å². The molecule has 1 atom stereocenters. The summed E-state index contributed by atoms with van der Waals surface area (Å²) < 4.78 is 0. The fourth-order valence-electron chi connectivity index (χ4n) is 3.85. The molecule has 0 bridgehead atoms. The first kappa shape index (κ1) is 19.4. The number of rotatable bonds is 7. The molecule has 5 nitrogen and oxygen atoms in total. The van der Waals surface area contributed by atoms with Crippen LogP contribution in [0.5, 0.6) is 0 Å². The van der Waals surface area contributed by atoms with Gasteiger partial charge in [-0.15, -0.1) is 0 Å². The highest BCUT2D eigenvalue weighted by Crippen LogP contribution is 2.26. The van der Waals surface area contributed by atoms with Crippen LogP contribution in [-0.2, 0) is 9.59 Å². The van der Waals surface area contributed by atoms with E-state index in [0.29, 0.717) is 18.9 Å². The van der Waals surface area contributed by atoms with Gasteiger partial charge in [-0.3, -0.25) is 9.59 Å². The first-order valence-corrected chi connectivity index (χ1v) is 9.90. The summed E-state index contributed by atoms with van der Waals surface area (Å²) in [6.45, 7) is 0.301. The number of benzene rings is 2. The van der Waals surface area contributed by atoms with E-state index in [1.165, 1.54) is 19.3 Å². The van der Waals surface area contributed by atoms with Gasteiger partial charge in [-0.05, 0) is 41.2 Å². The lowest BCUT2D eigenvalue weighted by Gasteiger charge is -2.21. The van der Waals surface area contributed by atoms with Gasteiger partial charge in [-0.25, -0.2) is 0 Å². The molecule has 0 heterocycles. The standard InChI is InChI=1S/C22H29N3O2/c23-14-20(19-11-10-17-8-4-5-9-18(17)13-19)25-22(27)15-24-21(26)12-16-6-2-1-3-7-16/h4-5,8-11,13,16,20H,1-3,6-7,12,14-15,23H2,(H,24,26)(H,25,27). The van der Waals surface area contributed by atoms with Crippen LogP contribution in [0.3, 0.4) is 0 Å². The van der Waals surface area contributed by atoms with Crippen molar-refractivity contribution in [3.8, 4) is 0 Å². The van der Waals surface area contributed by atoms with Crippen molar-refractivity contribution in [1.29, 1.82) is 0 Å². The van der Waals surface area contributed by atoms with Gasteiger partial charge in [0.05, 0.1) is 12.6 Å². The van der Waals surface area contributed by atoms with E-state index in [1.807, 2.05) is 30.3 Å². The Bertz CT molecular complexity index is 784. The second-order valence-corrected chi connectivity index (χ2v) is 7.45. The molecule has 0 spiro atoms. The van der Waals surface area contributed by atoms with Gasteiger partial charge in [0.15, 0.2) is 0 Å². The maximum atomic E-state index is 12.3. The average Bonchev–Trinajstić information content (AvgIpc) is 2.71. The summed E-state index contributed by atoms with van der Waals surface area (Å²) in [5, 5.41) is 7.94. The number of carbonyl (C=O) groups is 2. The number of amides is 2. The van der Waals surface area contributed by atoms with E-state index in [2.05, 4.69) is 22.8 Å². The lowest BCUT2D eigenvalue weighted by Crippen LogP contribution is -2.41. The highest BCUT2D eigenvalue weighted by Gasteiger charge is 2.18. The number of carbonyl (C=O) groups excluding carboxylic acids is 2. The van der Waals surface area contributed by atoms with Crippen LogP contribution < -0.4 is 16.4 Å². The van der Waals surface area contributed by atoms with E-state index in [-0.39, 0.29) is 24.4 Å². The molecule has 0 saturated heterocycles. The summed E-state index contributed by atoms with van der Waals surface area (Å²) in [6, 6.07) is 13.9. The normalized spacial score (nSPS) is 16.0. The van der Waals surface area contributed by atoms with Gasteiger partial charge in [-0.1, -0.05) is 55.7 Å². The third-order valence-corrected chi connectivity index (χ3v) is 5.39. The average molecular weight is 367 g/mol. The first-order valence-electron chi connectivity index (χ1n) is 9.90. The largest absolute Gasteiger partial charge is 0.347 e. The molecular weight excluding hydrogens is 338 g/mol. The number of nitrogens with one attached hydrogen (secondary N) is 2. The summed E-state index contributed by atoms with van der Waals surface area (Å²) in [4.78, 5) is 24.3. The van der Waals surface area contributed by atoms with Crippen molar-refractivity contribution < 1.29 is 9.59 Å². The van der Waals surface area contributed by atoms with Crippen molar-refractivity contribution in [3.05, 3.63) is 48.0 Å². The van der Waals surface area contributed by atoms with Crippen LogP contribution in [-0.4, -0.2) is 24.9 Å². The van der Waals surface area contributed by atoms with Crippen molar-refractivity contribution in [3.63, 3.8) is 0 Å². The highest BCUT2D eigenvalue weighted by molar-refractivity contribution is 5.86. The van der Waals surface area contributed by atoms with Gasteiger partial charge >= 0.3 is 0 Å². The first-order chi connectivity index (χ1) is 13.2. The minimum absolute atomic E-state index is 0.00433. The van der Waals surface area contributed by atoms with Gasteiger partial charge in [-0.2, -0.15) is 0 Å². The van der Waals surface area contributed by atoms with Crippen LogP contribution in [0, 0.1) is 5.92 Å². The molecule has 2 amide bonds. The number of hydrogen-bond acceptors (Lipinski definition) is 3. The van der Waals surface area contributed by atoms with Crippen LogP contribution in [0.25, 0.3) is 10.8 Å². The molecular formula is C22H29N3O2. The summed E-state index contributed by atoms with van der Waals surface area (Å²) in [5.74, 6) is 0.221. The van der Waals surface area contributed by atoms with E-state index in [4.69, 9.17) is 5.73 Å². The SMILES string of the molecule is NCC(NC(=O)CNC(=O)CC1CCCCC1)c1ccc2ccccc2c1. The molecule has 1 aliphatic carbocycles. The maximum absolute atomic E-state index is 12.3. The molecule has 1 fully saturated rings. The molecule has 1 aliphatic rings. The van der Waals surface area contributed by atoms with Gasteiger partial charge in [0, 0.05) is 13.0 Å². The number of fused-ring (bicyclic) bond motifs is 1. The quantitative estimate of drug-likeness (QED) is 0.703. The van der Waals surface area contributed by atoms with Crippen LogP contribution in [0.2, 0.25) is 0 Å². The zero-order chi connectivity index (χ0) is 19.1.